The molecule has 1 saturated carbocycles. The Bertz CT molecular complexity index is 434. The van der Waals surface area contributed by atoms with Crippen LogP contribution in [0.4, 0.5) is 5.82 Å². The van der Waals surface area contributed by atoms with Gasteiger partial charge >= 0.3 is 0 Å². The van der Waals surface area contributed by atoms with E-state index in [2.05, 4.69) is 29.1 Å². The monoisotopic (exact) mass is 253 g/mol. The number of carbonyl (C=O) groups is 1. The quantitative estimate of drug-likeness (QED) is 0.825. The smallest absolute Gasteiger partial charge is 0.229 e. The fraction of sp³-hybridized carbons (Fsp3) is 0.583. The normalized spacial score (nSPS) is 22.4. The van der Waals surface area contributed by atoms with Crippen molar-refractivity contribution >= 4 is 23.3 Å². The summed E-state index contributed by atoms with van der Waals surface area (Å²) in [6.45, 7) is 4.27. The topological polar surface area (TPSA) is 54.9 Å². The number of carbonyl (C=O) groups excluding carboxylic acids is 1. The van der Waals surface area contributed by atoms with Crippen LogP contribution in [0.1, 0.15) is 33.1 Å². The lowest BCUT2D eigenvalue weighted by atomic mass is 9.81. The standard InChI is InChI=1S/C12H16ClN3O/c1-12(2)5-3-4-8(12)11(17)16-10-6-9(13)14-7-15-10/h6-8H,3-5H2,1-2H3,(H,14,15,16,17). The first-order chi connectivity index (χ1) is 7.99. The van der Waals surface area contributed by atoms with Crippen molar-refractivity contribution in [1.82, 2.24) is 9.97 Å². The van der Waals surface area contributed by atoms with Crippen molar-refractivity contribution < 1.29 is 4.79 Å². The summed E-state index contributed by atoms with van der Waals surface area (Å²) in [6, 6.07) is 1.56. The minimum absolute atomic E-state index is 0.0299. The predicted octanol–water partition coefficient (Wildman–Crippen LogP) is 2.89. The molecular weight excluding hydrogens is 238 g/mol. The molecule has 17 heavy (non-hydrogen) atoms. The first kappa shape index (κ1) is 12.3. The Balaban J connectivity index is 2.07. The molecule has 2 rings (SSSR count). The summed E-state index contributed by atoms with van der Waals surface area (Å²) in [5.74, 6) is 0.552. The molecule has 1 unspecified atom stereocenters. The molecule has 1 amide bonds. The minimum Gasteiger partial charge on any atom is -0.310 e. The number of halogens is 1. The highest BCUT2D eigenvalue weighted by Crippen LogP contribution is 2.42. The Morgan fingerprint density at radius 3 is 2.88 bits per heavy atom. The third-order valence-corrected chi connectivity index (χ3v) is 3.67. The van der Waals surface area contributed by atoms with Crippen molar-refractivity contribution in [1.29, 1.82) is 0 Å². The molecule has 0 saturated heterocycles. The Morgan fingerprint density at radius 1 is 1.53 bits per heavy atom. The van der Waals surface area contributed by atoms with Gasteiger partial charge in [-0.05, 0) is 18.3 Å². The van der Waals surface area contributed by atoms with Gasteiger partial charge in [-0.1, -0.05) is 31.9 Å². The number of hydrogen-bond acceptors (Lipinski definition) is 3. The highest BCUT2D eigenvalue weighted by molar-refractivity contribution is 6.29. The average molecular weight is 254 g/mol. The molecule has 1 atom stereocenters. The lowest BCUT2D eigenvalue weighted by Gasteiger charge is -2.25. The zero-order chi connectivity index (χ0) is 12.5. The number of anilines is 1. The van der Waals surface area contributed by atoms with Crippen LogP contribution in [-0.4, -0.2) is 15.9 Å². The van der Waals surface area contributed by atoms with Gasteiger partial charge in [0.2, 0.25) is 5.91 Å². The predicted molar refractivity (Wildman–Crippen MR) is 66.8 cm³/mol. The molecule has 4 nitrogen and oxygen atoms in total. The molecule has 0 aromatic carbocycles. The van der Waals surface area contributed by atoms with E-state index in [1.54, 1.807) is 6.07 Å². The molecule has 1 heterocycles. The second kappa shape index (κ2) is 4.61. The zero-order valence-electron chi connectivity index (χ0n) is 10.0. The van der Waals surface area contributed by atoms with Crippen LogP contribution in [0.2, 0.25) is 5.15 Å². The van der Waals surface area contributed by atoms with Crippen LogP contribution in [-0.2, 0) is 4.79 Å². The van der Waals surface area contributed by atoms with Gasteiger partial charge < -0.3 is 5.32 Å². The molecule has 1 aromatic heterocycles. The molecule has 1 fully saturated rings. The van der Waals surface area contributed by atoms with Crippen molar-refractivity contribution in [3.63, 3.8) is 0 Å². The van der Waals surface area contributed by atoms with Gasteiger partial charge in [-0.3, -0.25) is 4.79 Å². The second-order valence-electron chi connectivity index (χ2n) is 5.15. The van der Waals surface area contributed by atoms with E-state index in [9.17, 15) is 4.79 Å². The van der Waals surface area contributed by atoms with Gasteiger partial charge in [0.05, 0.1) is 0 Å². The highest BCUT2D eigenvalue weighted by atomic mass is 35.5. The Morgan fingerprint density at radius 2 is 2.29 bits per heavy atom. The van der Waals surface area contributed by atoms with E-state index in [0.717, 1.165) is 19.3 Å². The van der Waals surface area contributed by atoms with Crippen molar-refractivity contribution in [2.75, 3.05) is 5.32 Å². The van der Waals surface area contributed by atoms with Gasteiger partial charge in [-0.25, -0.2) is 9.97 Å². The van der Waals surface area contributed by atoms with Gasteiger partial charge in [0.15, 0.2) is 0 Å². The fourth-order valence-corrected chi connectivity index (χ4v) is 2.58. The van der Waals surface area contributed by atoms with Crippen molar-refractivity contribution in [3.8, 4) is 0 Å². The van der Waals surface area contributed by atoms with Crippen LogP contribution in [0.15, 0.2) is 12.4 Å². The maximum atomic E-state index is 12.1. The van der Waals surface area contributed by atoms with E-state index < -0.39 is 0 Å². The van der Waals surface area contributed by atoms with Crippen molar-refractivity contribution in [3.05, 3.63) is 17.5 Å². The van der Waals surface area contributed by atoms with E-state index in [4.69, 9.17) is 11.6 Å². The summed E-state index contributed by atoms with van der Waals surface area (Å²) in [5.41, 5.74) is 0.0703. The van der Waals surface area contributed by atoms with Crippen molar-refractivity contribution in [2.45, 2.75) is 33.1 Å². The van der Waals surface area contributed by atoms with Crippen molar-refractivity contribution in [2.24, 2.45) is 11.3 Å². The zero-order valence-corrected chi connectivity index (χ0v) is 10.8. The third-order valence-electron chi connectivity index (χ3n) is 3.46. The van der Waals surface area contributed by atoms with Crippen LogP contribution in [0.3, 0.4) is 0 Å². The summed E-state index contributed by atoms with van der Waals surface area (Å²) in [7, 11) is 0. The lowest BCUT2D eigenvalue weighted by Crippen LogP contribution is -2.31. The molecular formula is C12H16ClN3O. The van der Waals surface area contributed by atoms with Crippen LogP contribution < -0.4 is 5.32 Å². The van der Waals surface area contributed by atoms with Gasteiger partial charge in [0.25, 0.3) is 0 Å². The summed E-state index contributed by atoms with van der Waals surface area (Å²) in [6.07, 6.45) is 4.49. The SMILES string of the molecule is CC1(C)CCCC1C(=O)Nc1cc(Cl)ncn1. The lowest BCUT2D eigenvalue weighted by molar-refractivity contribution is -0.122. The summed E-state index contributed by atoms with van der Waals surface area (Å²) < 4.78 is 0. The van der Waals surface area contributed by atoms with Crippen LogP contribution in [0.25, 0.3) is 0 Å². The number of nitrogens with zero attached hydrogens (tertiary/aromatic N) is 2. The number of nitrogens with one attached hydrogen (secondary N) is 1. The molecule has 0 bridgehead atoms. The number of amides is 1. The minimum atomic E-state index is 0.0299. The van der Waals surface area contributed by atoms with Gasteiger partial charge in [0, 0.05) is 12.0 Å². The Kier molecular flexibility index (Phi) is 3.33. The summed E-state index contributed by atoms with van der Waals surface area (Å²) in [5, 5.41) is 3.14. The van der Waals surface area contributed by atoms with E-state index in [1.807, 2.05) is 0 Å². The van der Waals surface area contributed by atoms with E-state index >= 15 is 0 Å². The van der Waals surface area contributed by atoms with Gasteiger partial charge in [-0.2, -0.15) is 0 Å². The number of hydrogen-bond donors (Lipinski definition) is 1. The van der Waals surface area contributed by atoms with Crippen LogP contribution >= 0.6 is 11.6 Å². The highest BCUT2D eigenvalue weighted by Gasteiger charge is 2.39. The van der Waals surface area contributed by atoms with Gasteiger partial charge in [-0.15, -0.1) is 0 Å². The van der Waals surface area contributed by atoms with E-state index in [0.29, 0.717) is 11.0 Å². The first-order valence-electron chi connectivity index (χ1n) is 5.77. The molecule has 0 radical (unpaired) electrons. The Hall–Kier alpha value is -1.16. The molecule has 1 aliphatic carbocycles. The summed E-state index contributed by atoms with van der Waals surface area (Å²) >= 11 is 5.74. The Labute approximate surface area is 106 Å². The first-order valence-corrected chi connectivity index (χ1v) is 6.15. The molecule has 1 aliphatic rings. The molecule has 1 N–H and O–H groups in total. The van der Waals surface area contributed by atoms with Gasteiger partial charge in [0.1, 0.15) is 17.3 Å². The van der Waals surface area contributed by atoms with Crippen LogP contribution in [0, 0.1) is 11.3 Å². The molecule has 0 spiro atoms. The number of rotatable bonds is 2. The third kappa shape index (κ3) is 2.75. The van der Waals surface area contributed by atoms with E-state index in [1.165, 1.54) is 6.33 Å². The fourth-order valence-electron chi connectivity index (χ4n) is 2.43. The maximum Gasteiger partial charge on any atom is 0.229 e. The molecule has 0 aliphatic heterocycles. The average Bonchev–Trinajstić information content (AvgIpc) is 2.58. The molecule has 92 valence electrons. The molecule has 1 aromatic rings. The summed E-state index contributed by atoms with van der Waals surface area (Å²) in [4.78, 5) is 19.9. The number of aromatic nitrogens is 2. The van der Waals surface area contributed by atoms with Crippen LogP contribution in [0.5, 0.6) is 0 Å². The maximum absolute atomic E-state index is 12.1. The second-order valence-corrected chi connectivity index (χ2v) is 5.54. The largest absolute Gasteiger partial charge is 0.310 e. The molecule has 5 heteroatoms. The van der Waals surface area contributed by atoms with E-state index in [-0.39, 0.29) is 17.2 Å².